The van der Waals surface area contributed by atoms with Crippen LogP contribution in [0.1, 0.15) is 17.0 Å². The van der Waals surface area contributed by atoms with Gasteiger partial charge >= 0.3 is 0 Å². The Morgan fingerprint density at radius 3 is 2.62 bits per heavy atom. The highest BCUT2D eigenvalue weighted by atomic mass is 16.5. The molecule has 0 amide bonds. The summed E-state index contributed by atoms with van der Waals surface area (Å²) in [7, 11) is 0. The third kappa shape index (κ3) is 1.96. The lowest BCUT2D eigenvalue weighted by atomic mass is 10.1. The van der Waals surface area contributed by atoms with E-state index in [9.17, 15) is 0 Å². The largest absolute Gasteiger partial charge is 0.360 e. The average molecular weight is 172 g/mol. The van der Waals surface area contributed by atoms with Crippen molar-refractivity contribution in [1.29, 1.82) is 0 Å². The molecule has 0 spiro atoms. The van der Waals surface area contributed by atoms with Crippen LogP contribution in [-0.2, 0) is 0 Å². The number of hydrogen-bond acceptors (Lipinski definition) is 2. The summed E-state index contributed by atoms with van der Waals surface area (Å²) < 4.78 is 5.06. The van der Waals surface area contributed by atoms with Gasteiger partial charge < -0.3 is 4.52 Å². The molecule has 0 unspecified atom stereocenters. The maximum atomic E-state index is 5.06. The number of hydrogen-bond donors (Lipinski definition) is 0. The van der Waals surface area contributed by atoms with Crippen LogP contribution in [0.3, 0.4) is 0 Å². The maximum Gasteiger partial charge on any atom is 0.145 e. The molecule has 0 saturated heterocycles. The second kappa shape index (κ2) is 3.44. The molecule has 1 aromatic heterocycles. The summed E-state index contributed by atoms with van der Waals surface area (Å²) in [4.78, 5) is 0. The van der Waals surface area contributed by atoms with E-state index in [4.69, 9.17) is 4.52 Å². The predicted molar refractivity (Wildman–Crippen MR) is 50.2 cm³/mol. The van der Waals surface area contributed by atoms with Gasteiger partial charge in [-0.1, -0.05) is 35.5 Å². The lowest BCUT2D eigenvalue weighted by molar-refractivity contribution is 0.399. The van der Waals surface area contributed by atoms with E-state index in [2.05, 4.69) is 5.16 Å². The van der Waals surface area contributed by atoms with Crippen molar-refractivity contribution in [3.63, 3.8) is 0 Å². The van der Waals surface area contributed by atoms with E-state index < -0.39 is 0 Å². The minimum atomic E-state index is 0.795. The summed E-state index contributed by atoms with van der Waals surface area (Å²) in [5.41, 5.74) is 2.03. The minimum absolute atomic E-state index is 0.795. The summed E-state index contributed by atoms with van der Waals surface area (Å²) in [6.07, 6.45) is 1.96. The van der Waals surface area contributed by atoms with Crippen LogP contribution < -0.4 is 0 Å². The molecule has 65 valence electrons. The summed E-state index contributed by atoms with van der Waals surface area (Å²) in [5, 5.41) is 3.81. The molecular formula is C11H10NO. The molecular weight excluding hydrogens is 162 g/mol. The number of nitrogens with zero attached hydrogens (tertiary/aromatic N) is 1. The SMILES string of the molecule is Cc1cc([CH]c2ccccc2)on1. The molecule has 1 aromatic carbocycles. The van der Waals surface area contributed by atoms with E-state index in [1.807, 2.05) is 49.7 Å². The van der Waals surface area contributed by atoms with Gasteiger partial charge in [0.2, 0.25) is 0 Å². The van der Waals surface area contributed by atoms with Crippen LogP contribution in [0.25, 0.3) is 0 Å². The van der Waals surface area contributed by atoms with Crippen LogP contribution in [0.15, 0.2) is 40.9 Å². The number of aryl methyl sites for hydroxylation is 1. The van der Waals surface area contributed by atoms with Crippen molar-refractivity contribution < 1.29 is 4.52 Å². The average Bonchev–Trinajstić information content (AvgIpc) is 2.53. The summed E-state index contributed by atoms with van der Waals surface area (Å²) >= 11 is 0. The zero-order chi connectivity index (χ0) is 9.10. The van der Waals surface area contributed by atoms with E-state index >= 15 is 0 Å². The van der Waals surface area contributed by atoms with E-state index in [0.29, 0.717) is 0 Å². The fraction of sp³-hybridized carbons (Fsp3) is 0.0909. The van der Waals surface area contributed by atoms with Crippen molar-refractivity contribution in [2.75, 3.05) is 0 Å². The highest BCUT2D eigenvalue weighted by Crippen LogP contribution is 2.11. The fourth-order valence-electron chi connectivity index (χ4n) is 1.16. The van der Waals surface area contributed by atoms with Crippen LogP contribution in [0.2, 0.25) is 0 Å². The Morgan fingerprint density at radius 1 is 1.23 bits per heavy atom. The summed E-state index contributed by atoms with van der Waals surface area (Å²) in [6.45, 7) is 1.91. The number of aromatic nitrogens is 1. The maximum absolute atomic E-state index is 5.06. The molecule has 0 bridgehead atoms. The predicted octanol–water partition coefficient (Wildman–Crippen LogP) is 2.58. The first-order valence-electron chi connectivity index (χ1n) is 4.18. The molecule has 1 heterocycles. The number of benzene rings is 1. The molecule has 0 aliphatic carbocycles. The molecule has 0 aliphatic rings. The van der Waals surface area contributed by atoms with Gasteiger partial charge in [-0.15, -0.1) is 0 Å². The van der Waals surface area contributed by atoms with Gasteiger partial charge in [0.25, 0.3) is 0 Å². The Kier molecular flexibility index (Phi) is 2.13. The lowest BCUT2D eigenvalue weighted by Gasteiger charge is -1.93. The van der Waals surface area contributed by atoms with Crippen molar-refractivity contribution in [2.24, 2.45) is 0 Å². The third-order valence-electron chi connectivity index (χ3n) is 1.75. The highest BCUT2D eigenvalue weighted by molar-refractivity contribution is 5.31. The van der Waals surface area contributed by atoms with Crippen LogP contribution in [-0.4, -0.2) is 5.16 Å². The molecule has 0 N–H and O–H groups in total. The zero-order valence-corrected chi connectivity index (χ0v) is 7.40. The van der Waals surface area contributed by atoms with Crippen molar-refractivity contribution in [1.82, 2.24) is 5.16 Å². The molecule has 0 fully saturated rings. The summed E-state index contributed by atoms with van der Waals surface area (Å²) in [5.74, 6) is 0.795. The normalized spacial score (nSPS) is 10.2. The first-order chi connectivity index (χ1) is 6.34. The second-order valence-corrected chi connectivity index (χ2v) is 2.93. The topological polar surface area (TPSA) is 26.0 Å². The van der Waals surface area contributed by atoms with E-state index in [0.717, 1.165) is 17.0 Å². The molecule has 0 aliphatic heterocycles. The van der Waals surface area contributed by atoms with Gasteiger partial charge in [0.15, 0.2) is 0 Å². The van der Waals surface area contributed by atoms with E-state index in [1.165, 1.54) is 0 Å². The van der Waals surface area contributed by atoms with Crippen LogP contribution >= 0.6 is 0 Å². The summed E-state index contributed by atoms with van der Waals surface area (Å²) in [6, 6.07) is 11.9. The van der Waals surface area contributed by atoms with Gasteiger partial charge in [0.05, 0.1) is 12.1 Å². The highest BCUT2D eigenvalue weighted by Gasteiger charge is 2.01. The van der Waals surface area contributed by atoms with Gasteiger partial charge in [0.1, 0.15) is 5.76 Å². The second-order valence-electron chi connectivity index (χ2n) is 2.93. The van der Waals surface area contributed by atoms with Crippen molar-refractivity contribution >= 4 is 0 Å². The number of rotatable bonds is 2. The Labute approximate surface area is 77.2 Å². The van der Waals surface area contributed by atoms with Gasteiger partial charge in [-0.2, -0.15) is 0 Å². The first kappa shape index (κ1) is 8.05. The zero-order valence-electron chi connectivity index (χ0n) is 7.40. The molecule has 0 saturated carbocycles. The van der Waals surface area contributed by atoms with Crippen LogP contribution in [0.5, 0.6) is 0 Å². The van der Waals surface area contributed by atoms with Crippen LogP contribution in [0.4, 0.5) is 0 Å². The molecule has 13 heavy (non-hydrogen) atoms. The van der Waals surface area contributed by atoms with E-state index in [1.54, 1.807) is 0 Å². The molecule has 2 heteroatoms. The Balaban J connectivity index is 2.15. The molecule has 0 atom stereocenters. The van der Waals surface area contributed by atoms with Gasteiger partial charge in [0, 0.05) is 6.07 Å². The Bertz CT molecular complexity index is 378. The first-order valence-corrected chi connectivity index (χ1v) is 4.18. The van der Waals surface area contributed by atoms with Crippen molar-refractivity contribution in [2.45, 2.75) is 6.92 Å². The lowest BCUT2D eigenvalue weighted by Crippen LogP contribution is -1.80. The van der Waals surface area contributed by atoms with Crippen molar-refractivity contribution in [3.05, 3.63) is 59.8 Å². The van der Waals surface area contributed by atoms with Crippen molar-refractivity contribution in [3.8, 4) is 0 Å². The Morgan fingerprint density at radius 2 is 2.00 bits per heavy atom. The molecule has 2 rings (SSSR count). The monoisotopic (exact) mass is 172 g/mol. The molecule has 2 aromatic rings. The standard InChI is InChI=1S/C11H10NO/c1-9-7-11(13-12-9)8-10-5-3-2-4-6-10/h2-8H,1H3. The Hall–Kier alpha value is -1.57. The molecule has 2 nitrogen and oxygen atoms in total. The quantitative estimate of drug-likeness (QED) is 0.695. The molecule has 1 radical (unpaired) electrons. The van der Waals surface area contributed by atoms with E-state index in [-0.39, 0.29) is 0 Å². The van der Waals surface area contributed by atoms with Gasteiger partial charge in [-0.05, 0) is 12.5 Å². The smallest absolute Gasteiger partial charge is 0.145 e. The fourth-order valence-corrected chi connectivity index (χ4v) is 1.16. The minimum Gasteiger partial charge on any atom is -0.360 e. The van der Waals surface area contributed by atoms with Gasteiger partial charge in [-0.25, -0.2) is 0 Å². The van der Waals surface area contributed by atoms with Gasteiger partial charge in [-0.3, -0.25) is 0 Å². The van der Waals surface area contributed by atoms with Crippen LogP contribution in [0, 0.1) is 13.3 Å². The third-order valence-corrected chi connectivity index (χ3v) is 1.75.